The zero-order valence-electron chi connectivity index (χ0n) is 18.8. The molecule has 0 aliphatic rings. The van der Waals surface area contributed by atoms with E-state index in [0.717, 1.165) is 0 Å². The molecular formula is C23H25ClN2O6S2. The van der Waals surface area contributed by atoms with E-state index in [1.165, 1.54) is 48.5 Å². The number of aryl methyl sites for hydroxylation is 1. The van der Waals surface area contributed by atoms with E-state index < -0.39 is 20.0 Å². The van der Waals surface area contributed by atoms with Gasteiger partial charge in [-0.1, -0.05) is 17.7 Å². The summed E-state index contributed by atoms with van der Waals surface area (Å²) in [4.78, 5) is -0.0521. The van der Waals surface area contributed by atoms with Gasteiger partial charge in [-0.3, -0.25) is 9.44 Å². The zero-order chi connectivity index (χ0) is 24.9. The van der Waals surface area contributed by atoms with Crippen LogP contribution in [-0.4, -0.2) is 30.0 Å². The fourth-order valence-electron chi connectivity index (χ4n) is 3.02. The minimum absolute atomic E-state index is 0.0193. The first kappa shape index (κ1) is 25.7. The van der Waals surface area contributed by atoms with Gasteiger partial charge in [-0.15, -0.1) is 0 Å². The molecule has 0 saturated carbocycles. The minimum Gasteiger partial charge on any atom is -0.490 e. The van der Waals surface area contributed by atoms with Crippen LogP contribution in [0.25, 0.3) is 0 Å². The van der Waals surface area contributed by atoms with Crippen LogP contribution >= 0.6 is 11.6 Å². The number of benzene rings is 3. The van der Waals surface area contributed by atoms with Crippen molar-refractivity contribution in [3.05, 3.63) is 71.2 Å². The second-order valence-electron chi connectivity index (χ2n) is 7.17. The van der Waals surface area contributed by atoms with Crippen LogP contribution in [0.1, 0.15) is 19.4 Å². The summed E-state index contributed by atoms with van der Waals surface area (Å²) in [6.07, 6.45) is 0. The molecule has 0 saturated heterocycles. The Labute approximate surface area is 205 Å². The molecule has 182 valence electrons. The third-order valence-corrected chi connectivity index (χ3v) is 7.68. The highest BCUT2D eigenvalue weighted by atomic mass is 35.5. The molecular weight excluding hydrogens is 500 g/mol. The van der Waals surface area contributed by atoms with Gasteiger partial charge in [0.2, 0.25) is 0 Å². The standard InChI is InChI=1S/C23H25ClN2O6S2/c1-4-31-22-13-12-20(15-23(22)32-5-2)34(29,30)25-18-8-10-19(11-9-18)33(27,28)26-21-14-17(24)7-6-16(21)3/h6-15,25-26H,4-5H2,1-3H3. The molecule has 0 bridgehead atoms. The van der Waals surface area contributed by atoms with Crippen molar-refractivity contribution in [1.82, 2.24) is 0 Å². The Morgan fingerprint density at radius 1 is 0.735 bits per heavy atom. The molecule has 3 rings (SSSR count). The molecule has 0 aliphatic carbocycles. The van der Waals surface area contributed by atoms with E-state index in [1.807, 2.05) is 6.92 Å². The van der Waals surface area contributed by atoms with Gasteiger partial charge in [0.25, 0.3) is 20.0 Å². The number of anilines is 2. The largest absolute Gasteiger partial charge is 0.490 e. The Hall–Kier alpha value is -2.95. The minimum atomic E-state index is -3.96. The number of rotatable bonds is 10. The van der Waals surface area contributed by atoms with Crippen molar-refractivity contribution in [2.75, 3.05) is 22.7 Å². The lowest BCUT2D eigenvalue weighted by atomic mass is 10.2. The van der Waals surface area contributed by atoms with Crippen molar-refractivity contribution in [2.45, 2.75) is 30.6 Å². The quantitative estimate of drug-likeness (QED) is 0.384. The van der Waals surface area contributed by atoms with Crippen molar-refractivity contribution in [3.63, 3.8) is 0 Å². The number of halogens is 1. The Bertz CT molecular complexity index is 1380. The Morgan fingerprint density at radius 2 is 1.32 bits per heavy atom. The molecule has 0 atom stereocenters. The van der Waals surface area contributed by atoms with Crippen LogP contribution in [0, 0.1) is 6.92 Å². The molecule has 2 N–H and O–H groups in total. The summed E-state index contributed by atoms with van der Waals surface area (Å²) in [6.45, 7) is 6.11. The molecule has 0 fully saturated rings. The van der Waals surface area contributed by atoms with Crippen LogP contribution in [-0.2, 0) is 20.0 Å². The fourth-order valence-corrected chi connectivity index (χ4v) is 5.39. The van der Waals surface area contributed by atoms with Gasteiger partial charge in [0.05, 0.1) is 28.7 Å². The van der Waals surface area contributed by atoms with Gasteiger partial charge in [0.1, 0.15) is 0 Å². The highest BCUT2D eigenvalue weighted by Gasteiger charge is 2.19. The molecule has 3 aromatic rings. The maximum atomic E-state index is 12.9. The summed E-state index contributed by atoms with van der Waals surface area (Å²) in [7, 11) is -7.86. The first-order valence-electron chi connectivity index (χ1n) is 10.4. The van der Waals surface area contributed by atoms with E-state index >= 15 is 0 Å². The molecule has 34 heavy (non-hydrogen) atoms. The van der Waals surface area contributed by atoms with Crippen LogP contribution in [0.3, 0.4) is 0 Å². The van der Waals surface area contributed by atoms with Crippen LogP contribution in [0.15, 0.2) is 70.5 Å². The van der Waals surface area contributed by atoms with E-state index in [0.29, 0.717) is 41.0 Å². The van der Waals surface area contributed by atoms with Gasteiger partial charge in [0, 0.05) is 16.8 Å². The molecule has 3 aromatic carbocycles. The number of hydrogen-bond donors (Lipinski definition) is 2. The van der Waals surface area contributed by atoms with Gasteiger partial charge in [0.15, 0.2) is 11.5 Å². The van der Waals surface area contributed by atoms with Crippen molar-refractivity contribution in [2.24, 2.45) is 0 Å². The van der Waals surface area contributed by atoms with E-state index in [9.17, 15) is 16.8 Å². The second kappa shape index (κ2) is 10.5. The average Bonchev–Trinajstić information content (AvgIpc) is 2.77. The fraction of sp³-hybridized carbons (Fsp3) is 0.217. The summed E-state index contributed by atoms with van der Waals surface area (Å²) < 4.78 is 67.1. The molecule has 0 heterocycles. The van der Waals surface area contributed by atoms with Gasteiger partial charge < -0.3 is 9.47 Å². The predicted octanol–water partition coefficient (Wildman–Crippen LogP) is 5.05. The monoisotopic (exact) mass is 524 g/mol. The molecule has 0 aromatic heterocycles. The highest BCUT2D eigenvalue weighted by molar-refractivity contribution is 7.93. The Morgan fingerprint density at radius 3 is 1.97 bits per heavy atom. The van der Waals surface area contributed by atoms with E-state index in [2.05, 4.69) is 9.44 Å². The maximum absolute atomic E-state index is 12.9. The molecule has 0 amide bonds. The van der Waals surface area contributed by atoms with Crippen LogP contribution < -0.4 is 18.9 Å². The first-order chi connectivity index (χ1) is 16.1. The topological polar surface area (TPSA) is 111 Å². The average molecular weight is 525 g/mol. The molecule has 0 aliphatic heterocycles. The van der Waals surface area contributed by atoms with Crippen LogP contribution in [0.5, 0.6) is 11.5 Å². The number of nitrogens with one attached hydrogen (secondary N) is 2. The number of sulfonamides is 2. The third kappa shape index (κ3) is 6.13. The third-order valence-electron chi connectivity index (χ3n) is 4.69. The van der Waals surface area contributed by atoms with Gasteiger partial charge >= 0.3 is 0 Å². The predicted molar refractivity (Wildman–Crippen MR) is 133 cm³/mol. The normalized spacial score (nSPS) is 11.6. The van der Waals surface area contributed by atoms with Gasteiger partial charge in [-0.05, 0) is 74.9 Å². The first-order valence-corrected chi connectivity index (χ1v) is 13.7. The second-order valence-corrected chi connectivity index (χ2v) is 11.0. The molecule has 0 unspecified atom stereocenters. The Kier molecular flexibility index (Phi) is 7.96. The zero-order valence-corrected chi connectivity index (χ0v) is 21.2. The molecule has 11 heteroatoms. The van der Waals surface area contributed by atoms with Crippen LogP contribution in [0.4, 0.5) is 11.4 Å². The summed E-state index contributed by atoms with van der Waals surface area (Å²) in [5.74, 6) is 0.761. The van der Waals surface area contributed by atoms with Crippen LogP contribution in [0.2, 0.25) is 5.02 Å². The number of hydrogen-bond acceptors (Lipinski definition) is 6. The Balaban J connectivity index is 1.81. The van der Waals surface area contributed by atoms with E-state index in [4.69, 9.17) is 21.1 Å². The molecule has 8 nitrogen and oxygen atoms in total. The lowest BCUT2D eigenvalue weighted by Gasteiger charge is -2.14. The summed E-state index contributed by atoms with van der Waals surface area (Å²) in [6, 6.07) is 14.6. The summed E-state index contributed by atoms with van der Waals surface area (Å²) >= 11 is 5.96. The van der Waals surface area contributed by atoms with Crippen molar-refractivity contribution >= 4 is 43.0 Å². The summed E-state index contributed by atoms with van der Waals surface area (Å²) in [5.41, 5.74) is 1.27. The molecule has 0 spiro atoms. The molecule has 0 radical (unpaired) electrons. The van der Waals surface area contributed by atoms with E-state index in [1.54, 1.807) is 26.0 Å². The maximum Gasteiger partial charge on any atom is 0.262 e. The van der Waals surface area contributed by atoms with Gasteiger partial charge in [-0.2, -0.15) is 0 Å². The number of ether oxygens (including phenoxy) is 2. The van der Waals surface area contributed by atoms with E-state index in [-0.39, 0.29) is 15.5 Å². The smallest absolute Gasteiger partial charge is 0.262 e. The lowest BCUT2D eigenvalue weighted by Crippen LogP contribution is -2.15. The summed E-state index contributed by atoms with van der Waals surface area (Å²) in [5, 5.41) is 0.398. The SMILES string of the molecule is CCOc1ccc(S(=O)(=O)Nc2ccc(S(=O)(=O)Nc3cc(Cl)ccc3C)cc2)cc1OCC. The van der Waals surface area contributed by atoms with Gasteiger partial charge in [-0.25, -0.2) is 16.8 Å². The highest BCUT2D eigenvalue weighted by Crippen LogP contribution is 2.31. The lowest BCUT2D eigenvalue weighted by molar-refractivity contribution is 0.287. The van der Waals surface area contributed by atoms with Crippen molar-refractivity contribution in [1.29, 1.82) is 0 Å². The van der Waals surface area contributed by atoms with Crippen molar-refractivity contribution < 1.29 is 26.3 Å². The van der Waals surface area contributed by atoms with Crippen molar-refractivity contribution in [3.8, 4) is 11.5 Å².